The lowest BCUT2D eigenvalue weighted by molar-refractivity contribution is 0.00752. The van der Waals surface area contributed by atoms with Gasteiger partial charge in [0.1, 0.15) is 12.2 Å². The molecule has 2 aromatic rings. The number of piperidine rings is 1. The minimum Gasteiger partial charge on any atom is -0.493 e. The van der Waals surface area contributed by atoms with Gasteiger partial charge in [0.15, 0.2) is 11.5 Å². The van der Waals surface area contributed by atoms with Gasteiger partial charge in [-0.05, 0) is 71.2 Å². The van der Waals surface area contributed by atoms with E-state index in [4.69, 9.17) is 14.2 Å². The first-order valence-electron chi connectivity index (χ1n) is 12.2. The molecule has 0 radical (unpaired) electrons. The van der Waals surface area contributed by atoms with Crippen LogP contribution >= 0.6 is 0 Å². The molecule has 1 atom stereocenters. The summed E-state index contributed by atoms with van der Waals surface area (Å²) in [6, 6.07) is 15.0. The largest absolute Gasteiger partial charge is 0.493 e. The summed E-state index contributed by atoms with van der Waals surface area (Å²) < 4.78 is 17.1. The fraction of sp³-hybridized carbons (Fsp3) is 0.500. The number of carbonyl (C=O) groups is 2. The first-order chi connectivity index (χ1) is 16.6. The monoisotopic (exact) mass is 482 g/mol. The molecule has 0 N–H and O–H groups in total. The maximum Gasteiger partial charge on any atom is 0.410 e. The van der Waals surface area contributed by atoms with Crippen LogP contribution in [0.25, 0.3) is 0 Å². The summed E-state index contributed by atoms with van der Waals surface area (Å²) in [5.74, 6) is 0.996. The van der Waals surface area contributed by atoms with E-state index in [1.165, 1.54) is 0 Å². The van der Waals surface area contributed by atoms with Crippen molar-refractivity contribution >= 4 is 12.0 Å². The average Bonchev–Trinajstić information content (AvgIpc) is 2.82. The Labute approximate surface area is 209 Å². The quantitative estimate of drug-likeness (QED) is 0.519. The van der Waals surface area contributed by atoms with E-state index >= 15 is 0 Å². The van der Waals surface area contributed by atoms with E-state index in [0.29, 0.717) is 36.8 Å². The maximum atomic E-state index is 13.7. The van der Waals surface area contributed by atoms with Crippen LogP contribution < -0.4 is 9.47 Å². The third-order valence-electron chi connectivity index (χ3n) is 5.88. The van der Waals surface area contributed by atoms with Crippen molar-refractivity contribution in [2.24, 2.45) is 0 Å². The Morgan fingerprint density at radius 2 is 1.80 bits per heavy atom. The van der Waals surface area contributed by atoms with E-state index in [1.54, 1.807) is 30.2 Å². The minimum absolute atomic E-state index is 0.0399. The standard InChI is InChI=1S/C28H38N2O5/c1-20(2)30(23-13-10-16-29(18-23)27(32)35-28(3,4)5)26(31)22-14-15-24(33-6)25(17-22)34-19-21-11-8-7-9-12-21/h7-9,11-12,14-15,17,20,23H,10,13,16,18-19H2,1-6H3/t23-/m1/s1. The van der Waals surface area contributed by atoms with Crippen molar-refractivity contribution in [3.8, 4) is 11.5 Å². The highest BCUT2D eigenvalue weighted by Crippen LogP contribution is 2.31. The lowest BCUT2D eigenvalue weighted by atomic mass is 10.0. The summed E-state index contributed by atoms with van der Waals surface area (Å²) in [5, 5.41) is 0. The highest BCUT2D eigenvalue weighted by Gasteiger charge is 2.34. The number of carbonyl (C=O) groups excluding carboxylic acids is 2. The minimum atomic E-state index is -0.559. The van der Waals surface area contributed by atoms with Crippen LogP contribution in [-0.2, 0) is 11.3 Å². The first-order valence-corrected chi connectivity index (χ1v) is 12.2. The van der Waals surface area contributed by atoms with Crippen LogP contribution in [0.1, 0.15) is 63.4 Å². The molecule has 0 spiro atoms. The smallest absolute Gasteiger partial charge is 0.410 e. The van der Waals surface area contributed by atoms with Crippen LogP contribution in [0.4, 0.5) is 4.79 Å². The molecule has 0 saturated carbocycles. The summed E-state index contributed by atoms with van der Waals surface area (Å²) in [4.78, 5) is 30.0. The predicted molar refractivity (Wildman–Crippen MR) is 136 cm³/mol. The van der Waals surface area contributed by atoms with E-state index < -0.39 is 5.60 Å². The zero-order valence-corrected chi connectivity index (χ0v) is 21.7. The highest BCUT2D eigenvalue weighted by atomic mass is 16.6. The molecule has 35 heavy (non-hydrogen) atoms. The number of hydrogen-bond donors (Lipinski definition) is 0. The van der Waals surface area contributed by atoms with Crippen LogP contribution in [0.3, 0.4) is 0 Å². The Morgan fingerprint density at radius 1 is 1.09 bits per heavy atom. The van der Waals surface area contributed by atoms with Crippen molar-refractivity contribution in [3.05, 3.63) is 59.7 Å². The predicted octanol–water partition coefficient (Wildman–Crippen LogP) is 5.52. The van der Waals surface area contributed by atoms with Crippen LogP contribution in [0.5, 0.6) is 11.5 Å². The van der Waals surface area contributed by atoms with Gasteiger partial charge in [-0.2, -0.15) is 0 Å². The number of hydrogen-bond acceptors (Lipinski definition) is 5. The van der Waals surface area contributed by atoms with Gasteiger partial charge >= 0.3 is 6.09 Å². The zero-order valence-electron chi connectivity index (χ0n) is 21.7. The van der Waals surface area contributed by atoms with Gasteiger partial charge in [0.2, 0.25) is 0 Å². The van der Waals surface area contributed by atoms with Gasteiger partial charge in [0, 0.05) is 24.7 Å². The molecule has 0 aromatic heterocycles. The molecular weight excluding hydrogens is 444 g/mol. The average molecular weight is 483 g/mol. The van der Waals surface area contributed by atoms with E-state index in [2.05, 4.69) is 0 Å². The summed E-state index contributed by atoms with van der Waals surface area (Å²) in [7, 11) is 1.58. The molecule has 7 nitrogen and oxygen atoms in total. The molecule has 3 rings (SSSR count). The highest BCUT2D eigenvalue weighted by molar-refractivity contribution is 5.95. The van der Waals surface area contributed by atoms with E-state index in [-0.39, 0.29) is 24.1 Å². The topological polar surface area (TPSA) is 68.3 Å². The Kier molecular flexibility index (Phi) is 8.65. The van der Waals surface area contributed by atoms with Crippen LogP contribution in [0, 0.1) is 0 Å². The van der Waals surface area contributed by atoms with Crippen molar-refractivity contribution in [2.45, 2.75) is 71.8 Å². The first kappa shape index (κ1) is 26.4. The summed E-state index contributed by atoms with van der Waals surface area (Å²) >= 11 is 0. The van der Waals surface area contributed by atoms with Crippen LogP contribution in [0.15, 0.2) is 48.5 Å². The number of benzene rings is 2. The molecule has 0 unspecified atom stereocenters. The van der Waals surface area contributed by atoms with Crippen molar-refractivity contribution in [2.75, 3.05) is 20.2 Å². The van der Waals surface area contributed by atoms with Crippen LogP contribution in [0.2, 0.25) is 0 Å². The Bertz CT molecular complexity index is 1000. The molecule has 7 heteroatoms. The molecule has 2 aromatic carbocycles. The molecule has 0 bridgehead atoms. The molecule has 1 heterocycles. The number of rotatable bonds is 7. The molecule has 1 fully saturated rings. The second kappa shape index (κ2) is 11.5. The third kappa shape index (κ3) is 7.13. The maximum absolute atomic E-state index is 13.7. The SMILES string of the molecule is COc1ccc(C(=O)N(C(C)C)[C@@H]2CCCN(C(=O)OC(C)(C)C)C2)cc1OCc1ccccc1. The van der Waals surface area contributed by atoms with Gasteiger partial charge in [-0.15, -0.1) is 0 Å². The number of ether oxygens (including phenoxy) is 3. The lowest BCUT2D eigenvalue weighted by Crippen LogP contribution is -2.54. The zero-order chi connectivity index (χ0) is 25.6. The van der Waals surface area contributed by atoms with Crippen LogP contribution in [-0.4, -0.2) is 59.7 Å². The second-order valence-corrected chi connectivity index (χ2v) is 10.2. The number of methoxy groups -OCH3 is 1. The number of nitrogens with zero attached hydrogens (tertiary/aromatic N) is 2. The fourth-order valence-electron chi connectivity index (χ4n) is 4.30. The molecule has 0 aliphatic carbocycles. The Hall–Kier alpha value is -3.22. The number of amides is 2. The van der Waals surface area contributed by atoms with E-state index in [1.807, 2.05) is 69.9 Å². The summed E-state index contributed by atoms with van der Waals surface area (Å²) in [6.45, 7) is 11.0. The Morgan fingerprint density at radius 3 is 2.43 bits per heavy atom. The fourth-order valence-corrected chi connectivity index (χ4v) is 4.30. The molecule has 2 amide bonds. The summed E-state index contributed by atoms with van der Waals surface area (Å²) in [5.41, 5.74) is 0.994. The van der Waals surface area contributed by atoms with E-state index in [9.17, 15) is 9.59 Å². The van der Waals surface area contributed by atoms with Gasteiger partial charge in [0.05, 0.1) is 13.2 Å². The van der Waals surface area contributed by atoms with Crippen molar-refractivity contribution in [3.63, 3.8) is 0 Å². The van der Waals surface area contributed by atoms with Gasteiger partial charge in [-0.1, -0.05) is 30.3 Å². The normalized spacial score (nSPS) is 16.1. The van der Waals surface area contributed by atoms with Gasteiger partial charge < -0.3 is 24.0 Å². The lowest BCUT2D eigenvalue weighted by Gasteiger charge is -2.41. The van der Waals surface area contributed by atoms with Gasteiger partial charge in [0.25, 0.3) is 5.91 Å². The van der Waals surface area contributed by atoms with Crippen molar-refractivity contribution in [1.82, 2.24) is 9.80 Å². The van der Waals surface area contributed by atoms with Crippen molar-refractivity contribution < 1.29 is 23.8 Å². The third-order valence-corrected chi connectivity index (χ3v) is 5.88. The molecule has 1 saturated heterocycles. The molecule has 190 valence electrons. The second-order valence-electron chi connectivity index (χ2n) is 10.2. The Balaban J connectivity index is 1.78. The number of likely N-dealkylation sites (tertiary alicyclic amines) is 1. The molecule has 1 aliphatic rings. The van der Waals surface area contributed by atoms with Gasteiger partial charge in [-0.25, -0.2) is 4.79 Å². The summed E-state index contributed by atoms with van der Waals surface area (Å²) in [6.07, 6.45) is 1.31. The van der Waals surface area contributed by atoms with Crippen molar-refractivity contribution in [1.29, 1.82) is 0 Å². The van der Waals surface area contributed by atoms with Gasteiger partial charge in [-0.3, -0.25) is 4.79 Å². The van der Waals surface area contributed by atoms with E-state index in [0.717, 1.165) is 18.4 Å². The molecular formula is C28H38N2O5. The molecule has 1 aliphatic heterocycles.